The van der Waals surface area contributed by atoms with Gasteiger partial charge in [0.25, 0.3) is 0 Å². The molecule has 0 bridgehead atoms. The summed E-state index contributed by atoms with van der Waals surface area (Å²) in [6.45, 7) is -2.56. The van der Waals surface area contributed by atoms with E-state index in [2.05, 4.69) is 0 Å². The third-order valence-electron chi connectivity index (χ3n) is 1.77. The van der Waals surface area contributed by atoms with Crippen LogP contribution in [0.2, 0.25) is 5.31 Å². The molecule has 64 valence electrons. The van der Waals surface area contributed by atoms with Crippen molar-refractivity contribution in [2.24, 2.45) is 0 Å². The summed E-state index contributed by atoms with van der Waals surface area (Å²) in [4.78, 5) is 0. The van der Waals surface area contributed by atoms with Crippen molar-refractivity contribution in [2.45, 2.75) is 32.0 Å². The van der Waals surface area contributed by atoms with Crippen LogP contribution in [0.5, 0.6) is 0 Å². The Bertz CT molecular complexity index is 173. The molecule has 0 rings (SSSR count). The molecule has 0 unspecified atom stereocenters. The molecule has 0 saturated carbocycles. The molecule has 6 heteroatoms. The second-order valence-corrected chi connectivity index (χ2v) is 3.22. The van der Waals surface area contributed by atoms with Gasteiger partial charge in [0.1, 0.15) is 0 Å². The van der Waals surface area contributed by atoms with Gasteiger partial charge in [0.15, 0.2) is 0 Å². The van der Waals surface area contributed by atoms with Crippen molar-refractivity contribution in [3.8, 4) is 6.07 Å². The quantitative estimate of drug-likeness (QED) is 0.588. The van der Waals surface area contributed by atoms with E-state index in [0.717, 1.165) is 13.8 Å². The zero-order valence-electron chi connectivity index (χ0n) is 7.57. The molecular formula is C6H10BF3KN. The van der Waals surface area contributed by atoms with Gasteiger partial charge in [-0.25, -0.2) is 0 Å². The number of hydrogen-bond donors (Lipinski definition) is 0. The summed E-state index contributed by atoms with van der Waals surface area (Å²) in [6, 6.07) is 1.71. The van der Waals surface area contributed by atoms with Gasteiger partial charge in [-0.15, -0.1) is 0 Å². The largest absolute Gasteiger partial charge is 1.00 e. The zero-order chi connectivity index (χ0) is 9.12. The van der Waals surface area contributed by atoms with E-state index in [-0.39, 0.29) is 64.2 Å². The topological polar surface area (TPSA) is 23.8 Å². The predicted molar refractivity (Wildman–Crippen MR) is 38.0 cm³/mol. The minimum absolute atomic E-state index is 0. The molecule has 0 heterocycles. The Morgan fingerprint density at radius 2 is 1.75 bits per heavy atom. The van der Waals surface area contributed by atoms with Crippen LogP contribution < -0.4 is 51.4 Å². The number of nitrogens with zero attached hydrogens (tertiary/aromatic N) is 1. The minimum Gasteiger partial charge on any atom is -0.449 e. The van der Waals surface area contributed by atoms with Gasteiger partial charge < -0.3 is 12.9 Å². The molecule has 0 saturated heterocycles. The molecule has 1 nitrogen and oxygen atoms in total. The molecule has 0 fully saturated rings. The summed E-state index contributed by atoms with van der Waals surface area (Å²) >= 11 is 0. The number of hydrogen-bond acceptors (Lipinski definition) is 1. The van der Waals surface area contributed by atoms with Crippen LogP contribution in [0.1, 0.15) is 26.7 Å². The van der Waals surface area contributed by atoms with Crippen LogP contribution in [-0.2, 0) is 0 Å². The van der Waals surface area contributed by atoms with Gasteiger partial charge in [0.2, 0.25) is 0 Å². The van der Waals surface area contributed by atoms with Crippen LogP contribution in [0.25, 0.3) is 0 Å². The molecule has 0 aliphatic carbocycles. The summed E-state index contributed by atoms with van der Waals surface area (Å²) in [5.74, 6) is 0. The SMILES string of the molecule is CC(C)(CCC#N)[B-](F)(F)F.[K+]. The minimum atomic E-state index is -4.82. The normalized spacial score (nSPS) is 11.7. The molecular weight excluding hydrogens is 193 g/mol. The first kappa shape index (κ1) is 15.5. The fourth-order valence-electron chi connectivity index (χ4n) is 0.542. The van der Waals surface area contributed by atoms with Gasteiger partial charge in [-0.3, -0.25) is 0 Å². The van der Waals surface area contributed by atoms with Gasteiger partial charge >= 0.3 is 58.4 Å². The van der Waals surface area contributed by atoms with E-state index in [1.807, 2.05) is 0 Å². The van der Waals surface area contributed by atoms with E-state index >= 15 is 0 Å². The third-order valence-corrected chi connectivity index (χ3v) is 1.77. The maximum Gasteiger partial charge on any atom is 1.00 e. The number of halogens is 3. The van der Waals surface area contributed by atoms with Crippen LogP contribution >= 0.6 is 0 Å². The molecule has 12 heavy (non-hydrogen) atoms. The molecule has 0 aromatic heterocycles. The van der Waals surface area contributed by atoms with Gasteiger partial charge in [-0.1, -0.05) is 25.6 Å². The summed E-state index contributed by atoms with van der Waals surface area (Å²) < 4.78 is 36.3. The Kier molecular flexibility index (Phi) is 7.28. The fraction of sp³-hybridized carbons (Fsp3) is 0.833. The van der Waals surface area contributed by atoms with Crippen LogP contribution in [0.15, 0.2) is 0 Å². The Morgan fingerprint density at radius 3 is 2.00 bits per heavy atom. The molecule has 0 aliphatic rings. The summed E-state index contributed by atoms with van der Waals surface area (Å²) in [6.07, 6.45) is -0.138. The maximum atomic E-state index is 12.1. The Hall–Kier alpha value is 0.981. The first-order valence-corrected chi connectivity index (χ1v) is 3.37. The Morgan fingerprint density at radius 1 is 1.33 bits per heavy atom. The third kappa shape index (κ3) is 4.87. The van der Waals surface area contributed by atoms with Crippen molar-refractivity contribution in [3.05, 3.63) is 0 Å². The van der Waals surface area contributed by atoms with Crippen LogP contribution in [0.3, 0.4) is 0 Å². The van der Waals surface area contributed by atoms with Crippen LogP contribution in [0.4, 0.5) is 12.9 Å². The number of nitriles is 1. The first-order valence-electron chi connectivity index (χ1n) is 3.37. The zero-order valence-corrected chi connectivity index (χ0v) is 10.7. The molecule has 0 N–H and O–H groups in total. The average Bonchev–Trinajstić information content (AvgIpc) is 1.81. The van der Waals surface area contributed by atoms with Gasteiger partial charge in [0.05, 0.1) is 6.07 Å². The average molecular weight is 203 g/mol. The van der Waals surface area contributed by atoms with Crippen molar-refractivity contribution in [3.63, 3.8) is 0 Å². The molecule has 0 aliphatic heterocycles. The Labute approximate surface area is 113 Å². The van der Waals surface area contributed by atoms with E-state index in [4.69, 9.17) is 5.26 Å². The first-order chi connectivity index (χ1) is 4.81. The molecule has 0 radical (unpaired) electrons. The molecule has 0 atom stereocenters. The predicted octanol–water partition coefficient (Wildman–Crippen LogP) is -0.0782. The van der Waals surface area contributed by atoms with E-state index in [1.165, 1.54) is 0 Å². The van der Waals surface area contributed by atoms with E-state index in [0.29, 0.717) is 0 Å². The van der Waals surface area contributed by atoms with Crippen LogP contribution in [-0.4, -0.2) is 6.98 Å². The number of rotatable bonds is 3. The summed E-state index contributed by atoms with van der Waals surface area (Å²) in [7, 11) is 0. The Balaban J connectivity index is 0. The van der Waals surface area contributed by atoms with Crippen molar-refractivity contribution < 1.29 is 64.3 Å². The monoisotopic (exact) mass is 203 g/mol. The van der Waals surface area contributed by atoms with Crippen LogP contribution in [0, 0.1) is 11.3 Å². The molecule has 0 aromatic carbocycles. The summed E-state index contributed by atoms with van der Waals surface area (Å²) in [5, 5.41) is 6.41. The smallest absolute Gasteiger partial charge is 0.449 e. The fourth-order valence-corrected chi connectivity index (χ4v) is 0.542. The van der Waals surface area contributed by atoms with Gasteiger partial charge in [-0.05, 0) is 0 Å². The van der Waals surface area contributed by atoms with Crippen molar-refractivity contribution in [1.29, 1.82) is 5.26 Å². The van der Waals surface area contributed by atoms with Crippen molar-refractivity contribution >= 4 is 6.98 Å². The second kappa shape index (κ2) is 5.66. The maximum absolute atomic E-state index is 12.1. The molecule has 0 aromatic rings. The van der Waals surface area contributed by atoms with E-state index < -0.39 is 12.3 Å². The standard InChI is InChI=1S/C6H10BF3N.K/c1-6(2,4-3-5-11)7(8,9)10;/h3-4H2,1-2H3;/q-1;+1. The summed E-state index contributed by atoms with van der Waals surface area (Å²) in [5.41, 5.74) is 0. The molecule has 0 spiro atoms. The van der Waals surface area contributed by atoms with E-state index in [9.17, 15) is 12.9 Å². The second-order valence-electron chi connectivity index (χ2n) is 3.22. The molecule has 0 amide bonds. The van der Waals surface area contributed by atoms with Gasteiger partial charge in [-0.2, -0.15) is 5.26 Å². The van der Waals surface area contributed by atoms with Crippen molar-refractivity contribution in [1.82, 2.24) is 0 Å². The van der Waals surface area contributed by atoms with E-state index in [1.54, 1.807) is 6.07 Å². The van der Waals surface area contributed by atoms with Gasteiger partial charge in [0, 0.05) is 6.42 Å². The van der Waals surface area contributed by atoms with Crippen molar-refractivity contribution in [2.75, 3.05) is 0 Å².